The second-order valence-electron chi connectivity index (χ2n) is 6.07. The van der Waals surface area contributed by atoms with Gasteiger partial charge < -0.3 is 15.4 Å². The molecule has 1 heterocycles. The van der Waals surface area contributed by atoms with Crippen LogP contribution in [0, 0.1) is 5.41 Å². The van der Waals surface area contributed by atoms with Gasteiger partial charge >= 0.3 is 0 Å². The first-order chi connectivity index (χ1) is 7.90. The molecule has 106 valence electrons. The summed E-state index contributed by atoms with van der Waals surface area (Å²) in [5.74, 6) is 0.152. The number of nitrogens with one attached hydrogen (secondary N) is 2. The number of rotatable bonds is 3. The maximum atomic E-state index is 12.0. The summed E-state index contributed by atoms with van der Waals surface area (Å²) in [6.45, 7) is 7.39. The third-order valence-electron chi connectivity index (χ3n) is 4.97. The third kappa shape index (κ3) is 2.38. The Morgan fingerprint density at radius 2 is 2.06 bits per heavy atom. The predicted molar refractivity (Wildman–Crippen MR) is 74.0 cm³/mol. The number of amides is 1. The van der Waals surface area contributed by atoms with Crippen molar-refractivity contribution in [1.29, 1.82) is 0 Å². The van der Waals surface area contributed by atoms with Gasteiger partial charge in [-0.3, -0.25) is 4.79 Å². The summed E-state index contributed by atoms with van der Waals surface area (Å²) < 4.78 is 5.56. The Morgan fingerprint density at radius 1 is 1.39 bits per heavy atom. The molecule has 0 aromatic carbocycles. The zero-order chi connectivity index (χ0) is 12.7. The van der Waals surface area contributed by atoms with Gasteiger partial charge in [-0.15, -0.1) is 12.4 Å². The van der Waals surface area contributed by atoms with E-state index in [1.165, 1.54) is 0 Å². The second kappa shape index (κ2) is 5.35. The lowest BCUT2D eigenvalue weighted by molar-refractivity contribution is -0.182. The number of hydrogen-bond donors (Lipinski definition) is 2. The highest BCUT2D eigenvalue weighted by molar-refractivity contribution is 5.85. The Kier molecular flexibility index (Phi) is 4.68. The van der Waals surface area contributed by atoms with Crippen LogP contribution in [0.5, 0.6) is 0 Å². The van der Waals surface area contributed by atoms with E-state index in [0.717, 1.165) is 25.8 Å². The first-order valence-electron chi connectivity index (χ1n) is 6.49. The normalized spacial score (nSPS) is 37.6. The van der Waals surface area contributed by atoms with Gasteiger partial charge in [0.1, 0.15) is 0 Å². The summed E-state index contributed by atoms with van der Waals surface area (Å²) in [5, 5.41) is 6.39. The summed E-state index contributed by atoms with van der Waals surface area (Å²) in [4.78, 5) is 12.0. The molecule has 2 rings (SSSR count). The van der Waals surface area contributed by atoms with Gasteiger partial charge in [-0.05, 0) is 32.7 Å². The molecular weight excluding hydrogens is 252 g/mol. The van der Waals surface area contributed by atoms with Crippen molar-refractivity contribution < 1.29 is 9.53 Å². The minimum absolute atomic E-state index is 0. The topological polar surface area (TPSA) is 50.4 Å². The van der Waals surface area contributed by atoms with Gasteiger partial charge in [0.05, 0.1) is 11.6 Å². The molecule has 3 atom stereocenters. The van der Waals surface area contributed by atoms with E-state index in [2.05, 4.69) is 31.4 Å². The van der Waals surface area contributed by atoms with E-state index in [-0.39, 0.29) is 41.4 Å². The number of carbonyl (C=O) groups is 1. The van der Waals surface area contributed by atoms with Crippen LogP contribution in [0.15, 0.2) is 0 Å². The molecule has 1 amide bonds. The lowest BCUT2D eigenvalue weighted by atomic mass is 9.56. The molecule has 2 aliphatic rings. The molecule has 3 unspecified atom stereocenters. The molecule has 0 aromatic heterocycles. The first kappa shape index (κ1) is 15.7. The Morgan fingerprint density at radius 3 is 2.50 bits per heavy atom. The van der Waals surface area contributed by atoms with Crippen LogP contribution in [0.25, 0.3) is 0 Å². The minimum atomic E-state index is -0.117. The van der Waals surface area contributed by atoms with Gasteiger partial charge in [0.2, 0.25) is 5.91 Å². The highest BCUT2D eigenvalue weighted by Crippen LogP contribution is 2.51. The van der Waals surface area contributed by atoms with E-state index >= 15 is 0 Å². The van der Waals surface area contributed by atoms with Crippen LogP contribution in [-0.4, -0.2) is 37.2 Å². The average Bonchev–Trinajstić information content (AvgIpc) is 2.81. The smallest absolute Gasteiger partial charge is 0.237 e. The highest BCUT2D eigenvalue weighted by atomic mass is 35.5. The molecule has 2 N–H and O–H groups in total. The Balaban J connectivity index is 0.00000162. The zero-order valence-electron chi connectivity index (χ0n) is 11.7. The molecule has 1 aliphatic carbocycles. The summed E-state index contributed by atoms with van der Waals surface area (Å²) in [7, 11) is 1.75. The second-order valence-corrected chi connectivity index (χ2v) is 6.07. The SMILES string of the molecule is COC1(C)CC(NC(=O)C2CCCN2)C1(C)C.Cl. The van der Waals surface area contributed by atoms with Crippen molar-refractivity contribution in [1.82, 2.24) is 10.6 Å². The first-order valence-corrected chi connectivity index (χ1v) is 6.49. The molecule has 0 bridgehead atoms. The maximum Gasteiger partial charge on any atom is 0.237 e. The van der Waals surface area contributed by atoms with Crippen molar-refractivity contribution in [2.24, 2.45) is 5.41 Å². The van der Waals surface area contributed by atoms with E-state index in [9.17, 15) is 4.79 Å². The summed E-state index contributed by atoms with van der Waals surface area (Å²) >= 11 is 0. The van der Waals surface area contributed by atoms with E-state index in [0.29, 0.717) is 0 Å². The predicted octanol–water partition coefficient (Wildman–Crippen LogP) is 1.48. The van der Waals surface area contributed by atoms with Crippen molar-refractivity contribution >= 4 is 18.3 Å². The van der Waals surface area contributed by atoms with Gasteiger partial charge in [-0.2, -0.15) is 0 Å². The number of ether oxygens (including phenoxy) is 1. The molecule has 0 radical (unpaired) electrons. The molecule has 18 heavy (non-hydrogen) atoms. The Hall–Kier alpha value is -0.320. The molecule has 1 saturated carbocycles. The molecular formula is C13H25ClN2O2. The quantitative estimate of drug-likeness (QED) is 0.821. The average molecular weight is 277 g/mol. The molecule has 0 spiro atoms. The molecule has 1 saturated heterocycles. The van der Waals surface area contributed by atoms with E-state index in [4.69, 9.17) is 4.74 Å². The number of hydrogen-bond acceptors (Lipinski definition) is 3. The van der Waals surface area contributed by atoms with Crippen molar-refractivity contribution in [3.8, 4) is 0 Å². The van der Waals surface area contributed by atoms with Gasteiger partial charge in [-0.25, -0.2) is 0 Å². The molecule has 5 heteroatoms. The Labute approximate surface area is 116 Å². The van der Waals surface area contributed by atoms with Crippen molar-refractivity contribution in [3.05, 3.63) is 0 Å². The molecule has 1 aliphatic heterocycles. The van der Waals surface area contributed by atoms with Crippen LogP contribution < -0.4 is 10.6 Å². The van der Waals surface area contributed by atoms with Gasteiger partial charge in [-0.1, -0.05) is 13.8 Å². The fourth-order valence-corrected chi connectivity index (χ4v) is 2.90. The lowest BCUT2D eigenvalue weighted by Gasteiger charge is -2.59. The third-order valence-corrected chi connectivity index (χ3v) is 4.97. The minimum Gasteiger partial charge on any atom is -0.378 e. The lowest BCUT2D eigenvalue weighted by Crippen LogP contribution is -2.69. The van der Waals surface area contributed by atoms with Gasteiger partial charge in [0.15, 0.2) is 0 Å². The summed E-state index contributed by atoms with van der Waals surface area (Å²) in [6, 6.07) is 0.238. The van der Waals surface area contributed by atoms with E-state index in [1.807, 2.05) is 0 Å². The van der Waals surface area contributed by atoms with Gasteiger partial charge in [0, 0.05) is 18.6 Å². The van der Waals surface area contributed by atoms with Crippen LogP contribution in [0.2, 0.25) is 0 Å². The zero-order valence-corrected chi connectivity index (χ0v) is 12.5. The summed E-state index contributed by atoms with van der Waals surface area (Å²) in [5.41, 5.74) is -0.121. The maximum absolute atomic E-state index is 12.0. The van der Waals surface area contributed by atoms with Crippen LogP contribution in [0.3, 0.4) is 0 Å². The van der Waals surface area contributed by atoms with Crippen molar-refractivity contribution in [2.45, 2.75) is 57.7 Å². The fraction of sp³-hybridized carbons (Fsp3) is 0.923. The fourth-order valence-electron chi connectivity index (χ4n) is 2.90. The van der Waals surface area contributed by atoms with Gasteiger partial charge in [0.25, 0.3) is 0 Å². The van der Waals surface area contributed by atoms with Crippen LogP contribution in [0.4, 0.5) is 0 Å². The summed E-state index contributed by atoms with van der Waals surface area (Å²) in [6.07, 6.45) is 2.96. The van der Waals surface area contributed by atoms with E-state index in [1.54, 1.807) is 7.11 Å². The molecule has 4 nitrogen and oxygen atoms in total. The van der Waals surface area contributed by atoms with Crippen LogP contribution >= 0.6 is 12.4 Å². The van der Waals surface area contributed by atoms with Crippen molar-refractivity contribution in [2.75, 3.05) is 13.7 Å². The Bertz CT molecular complexity index is 316. The number of methoxy groups -OCH3 is 1. The van der Waals surface area contributed by atoms with Crippen LogP contribution in [-0.2, 0) is 9.53 Å². The largest absolute Gasteiger partial charge is 0.378 e. The van der Waals surface area contributed by atoms with Crippen molar-refractivity contribution in [3.63, 3.8) is 0 Å². The van der Waals surface area contributed by atoms with E-state index < -0.39 is 0 Å². The number of halogens is 1. The standard InChI is InChI=1S/C13H24N2O2.ClH/c1-12(2)10(8-13(12,3)17-4)15-11(16)9-6-5-7-14-9;/h9-10,14H,5-8H2,1-4H3,(H,15,16);1H. The van der Waals surface area contributed by atoms with Crippen LogP contribution in [0.1, 0.15) is 40.0 Å². The molecule has 0 aromatic rings. The number of carbonyl (C=O) groups excluding carboxylic acids is 1. The highest BCUT2D eigenvalue weighted by Gasteiger charge is 2.58. The molecule has 2 fully saturated rings. The monoisotopic (exact) mass is 276 g/mol.